The Labute approximate surface area is 116 Å². The minimum absolute atomic E-state index is 0.0885. The Morgan fingerprint density at radius 3 is 2.53 bits per heavy atom. The zero-order chi connectivity index (χ0) is 13.8. The van der Waals surface area contributed by atoms with E-state index in [0.29, 0.717) is 11.3 Å². The van der Waals surface area contributed by atoms with E-state index in [4.69, 9.17) is 16.3 Å². The van der Waals surface area contributed by atoms with Crippen molar-refractivity contribution in [3.8, 4) is 5.75 Å². The Bertz CT molecular complexity index is 553. The second-order valence-corrected chi connectivity index (χ2v) is 4.65. The molecule has 0 aliphatic rings. The molecular formula is C15H14ClFO2. The number of hydrogen-bond acceptors (Lipinski definition) is 2. The highest BCUT2D eigenvalue weighted by Crippen LogP contribution is 2.21. The van der Waals surface area contributed by atoms with Gasteiger partial charge in [-0.15, -0.1) is 0 Å². The Morgan fingerprint density at radius 2 is 1.89 bits per heavy atom. The van der Waals surface area contributed by atoms with Gasteiger partial charge in [-0.05, 0) is 30.7 Å². The third-order valence-corrected chi connectivity index (χ3v) is 3.08. The van der Waals surface area contributed by atoms with Gasteiger partial charge in [0.2, 0.25) is 0 Å². The van der Waals surface area contributed by atoms with Gasteiger partial charge in [-0.3, -0.25) is 0 Å². The summed E-state index contributed by atoms with van der Waals surface area (Å²) in [6.45, 7) is 1.80. The van der Waals surface area contributed by atoms with Crippen LogP contribution in [0, 0.1) is 5.82 Å². The molecule has 1 N–H and O–H groups in total. The predicted octanol–water partition coefficient (Wildman–Crippen LogP) is 4.11. The maximum absolute atomic E-state index is 13.6. The van der Waals surface area contributed by atoms with Gasteiger partial charge in [0.25, 0.3) is 0 Å². The van der Waals surface area contributed by atoms with E-state index in [9.17, 15) is 9.50 Å². The van der Waals surface area contributed by atoms with E-state index in [1.54, 1.807) is 43.3 Å². The minimum atomic E-state index is -0.514. The quantitative estimate of drug-likeness (QED) is 0.913. The summed E-state index contributed by atoms with van der Waals surface area (Å²) in [4.78, 5) is 0. The standard InChI is InChI=1S/C15H14ClFO2/c1-10(18)11-5-7-13(8-6-11)19-9-12-3-2-4-14(16)15(12)17/h2-8,10,18H,9H2,1H3. The van der Waals surface area contributed by atoms with E-state index in [2.05, 4.69) is 0 Å². The second kappa shape index (κ2) is 6.04. The highest BCUT2D eigenvalue weighted by Gasteiger charge is 2.07. The first kappa shape index (κ1) is 13.8. The molecule has 2 rings (SSSR count). The minimum Gasteiger partial charge on any atom is -0.489 e. The SMILES string of the molecule is CC(O)c1ccc(OCc2cccc(Cl)c2F)cc1. The third kappa shape index (κ3) is 3.46. The van der Waals surface area contributed by atoms with E-state index >= 15 is 0 Å². The zero-order valence-electron chi connectivity index (χ0n) is 10.4. The van der Waals surface area contributed by atoms with Crippen LogP contribution >= 0.6 is 11.6 Å². The van der Waals surface area contributed by atoms with Crippen LogP contribution in [0.1, 0.15) is 24.2 Å². The van der Waals surface area contributed by atoms with Crippen molar-refractivity contribution >= 4 is 11.6 Å². The summed E-state index contributed by atoms with van der Waals surface area (Å²) >= 11 is 5.69. The van der Waals surface area contributed by atoms with E-state index in [0.717, 1.165) is 5.56 Å². The molecule has 1 unspecified atom stereocenters. The molecule has 2 aromatic rings. The number of aliphatic hydroxyl groups is 1. The zero-order valence-corrected chi connectivity index (χ0v) is 11.2. The highest BCUT2D eigenvalue weighted by molar-refractivity contribution is 6.30. The summed E-state index contributed by atoms with van der Waals surface area (Å²) in [5, 5.41) is 9.47. The van der Waals surface area contributed by atoms with E-state index in [-0.39, 0.29) is 11.6 Å². The number of aliphatic hydroxyl groups excluding tert-OH is 1. The summed E-state index contributed by atoms with van der Waals surface area (Å²) in [7, 11) is 0. The lowest BCUT2D eigenvalue weighted by Gasteiger charge is -2.09. The van der Waals surface area contributed by atoms with E-state index in [1.807, 2.05) is 0 Å². The third-order valence-electron chi connectivity index (χ3n) is 2.79. The van der Waals surface area contributed by atoms with Gasteiger partial charge in [-0.2, -0.15) is 0 Å². The van der Waals surface area contributed by atoms with Crippen molar-refractivity contribution in [3.05, 3.63) is 64.4 Å². The number of halogens is 2. The van der Waals surface area contributed by atoms with Gasteiger partial charge in [0.15, 0.2) is 0 Å². The van der Waals surface area contributed by atoms with Gasteiger partial charge in [-0.1, -0.05) is 35.9 Å². The van der Waals surface area contributed by atoms with Crippen LogP contribution < -0.4 is 4.74 Å². The lowest BCUT2D eigenvalue weighted by molar-refractivity contribution is 0.199. The molecule has 100 valence electrons. The lowest BCUT2D eigenvalue weighted by Crippen LogP contribution is -1.99. The molecule has 2 nitrogen and oxygen atoms in total. The van der Waals surface area contributed by atoms with Crippen LogP contribution in [-0.2, 0) is 6.61 Å². The molecule has 19 heavy (non-hydrogen) atoms. The van der Waals surface area contributed by atoms with Crippen molar-refractivity contribution < 1.29 is 14.2 Å². The molecular weight excluding hydrogens is 267 g/mol. The molecule has 0 saturated carbocycles. The molecule has 0 bridgehead atoms. The molecule has 0 aromatic heterocycles. The molecule has 4 heteroatoms. The summed E-state index contributed by atoms with van der Waals surface area (Å²) in [6.07, 6.45) is -0.514. The van der Waals surface area contributed by atoms with Crippen molar-refractivity contribution in [2.45, 2.75) is 19.6 Å². The summed E-state index contributed by atoms with van der Waals surface area (Å²) in [5.74, 6) is 0.161. The molecule has 1 atom stereocenters. The lowest BCUT2D eigenvalue weighted by atomic mass is 10.1. The van der Waals surface area contributed by atoms with Gasteiger partial charge in [0.05, 0.1) is 11.1 Å². The van der Waals surface area contributed by atoms with Crippen LogP contribution in [0.15, 0.2) is 42.5 Å². The maximum atomic E-state index is 13.6. The predicted molar refractivity (Wildman–Crippen MR) is 72.8 cm³/mol. The molecule has 0 saturated heterocycles. The second-order valence-electron chi connectivity index (χ2n) is 4.25. The van der Waals surface area contributed by atoms with Crippen LogP contribution in [0.2, 0.25) is 5.02 Å². The molecule has 0 heterocycles. The highest BCUT2D eigenvalue weighted by atomic mass is 35.5. The fourth-order valence-corrected chi connectivity index (χ4v) is 1.86. The number of ether oxygens (including phenoxy) is 1. The first-order chi connectivity index (χ1) is 9.08. The van der Waals surface area contributed by atoms with Crippen LogP contribution in [0.5, 0.6) is 5.75 Å². The Balaban J connectivity index is 2.04. The number of rotatable bonds is 4. The first-order valence-electron chi connectivity index (χ1n) is 5.91. The van der Waals surface area contributed by atoms with Crippen LogP contribution in [0.25, 0.3) is 0 Å². The van der Waals surface area contributed by atoms with Crippen molar-refractivity contribution in [2.24, 2.45) is 0 Å². The Kier molecular flexibility index (Phi) is 4.40. The van der Waals surface area contributed by atoms with Crippen LogP contribution in [0.4, 0.5) is 4.39 Å². The average molecular weight is 281 g/mol. The Morgan fingerprint density at radius 1 is 1.21 bits per heavy atom. The van der Waals surface area contributed by atoms with E-state index in [1.165, 1.54) is 6.07 Å². The van der Waals surface area contributed by atoms with E-state index < -0.39 is 11.9 Å². The molecule has 0 spiro atoms. The van der Waals surface area contributed by atoms with Gasteiger partial charge >= 0.3 is 0 Å². The molecule has 0 fully saturated rings. The van der Waals surface area contributed by atoms with Gasteiger partial charge < -0.3 is 9.84 Å². The molecule has 0 aliphatic carbocycles. The average Bonchev–Trinajstić information content (AvgIpc) is 2.41. The van der Waals surface area contributed by atoms with Crippen molar-refractivity contribution in [1.82, 2.24) is 0 Å². The fourth-order valence-electron chi connectivity index (χ4n) is 1.66. The smallest absolute Gasteiger partial charge is 0.148 e. The number of hydrogen-bond donors (Lipinski definition) is 1. The number of benzene rings is 2. The van der Waals surface area contributed by atoms with Crippen molar-refractivity contribution in [1.29, 1.82) is 0 Å². The molecule has 0 radical (unpaired) electrons. The fraction of sp³-hybridized carbons (Fsp3) is 0.200. The van der Waals surface area contributed by atoms with Gasteiger partial charge in [0.1, 0.15) is 18.2 Å². The van der Waals surface area contributed by atoms with Crippen molar-refractivity contribution in [3.63, 3.8) is 0 Å². The van der Waals surface area contributed by atoms with Crippen LogP contribution in [-0.4, -0.2) is 5.11 Å². The molecule has 2 aromatic carbocycles. The monoisotopic (exact) mass is 280 g/mol. The van der Waals surface area contributed by atoms with Gasteiger partial charge in [-0.25, -0.2) is 4.39 Å². The summed E-state index contributed by atoms with van der Waals surface area (Å²) in [5.41, 5.74) is 1.22. The summed E-state index contributed by atoms with van der Waals surface area (Å²) in [6, 6.07) is 11.8. The van der Waals surface area contributed by atoms with Gasteiger partial charge in [0, 0.05) is 5.56 Å². The van der Waals surface area contributed by atoms with Crippen molar-refractivity contribution in [2.75, 3.05) is 0 Å². The normalized spacial score (nSPS) is 12.2. The Hall–Kier alpha value is -1.58. The molecule has 0 amide bonds. The van der Waals surface area contributed by atoms with Crippen LogP contribution in [0.3, 0.4) is 0 Å². The largest absolute Gasteiger partial charge is 0.489 e. The first-order valence-corrected chi connectivity index (χ1v) is 6.29. The molecule has 0 aliphatic heterocycles. The maximum Gasteiger partial charge on any atom is 0.148 e. The topological polar surface area (TPSA) is 29.5 Å². The summed E-state index contributed by atoms with van der Waals surface area (Å²) < 4.78 is 19.1.